The van der Waals surface area contributed by atoms with E-state index in [1.165, 1.54) is 6.20 Å². The van der Waals surface area contributed by atoms with Crippen LogP contribution in [0.5, 0.6) is 0 Å². The predicted molar refractivity (Wildman–Crippen MR) is 106 cm³/mol. The highest BCUT2D eigenvalue weighted by Crippen LogP contribution is 2.26. The van der Waals surface area contributed by atoms with Crippen LogP contribution in [0.4, 0.5) is 5.82 Å². The van der Waals surface area contributed by atoms with Gasteiger partial charge in [0.2, 0.25) is 11.8 Å². The zero-order valence-corrected chi connectivity index (χ0v) is 16.4. The first-order chi connectivity index (χ1) is 12.9. The van der Waals surface area contributed by atoms with Crippen LogP contribution in [0, 0.1) is 5.92 Å². The first-order valence-corrected chi connectivity index (χ1v) is 9.50. The van der Waals surface area contributed by atoms with Gasteiger partial charge in [0.15, 0.2) is 5.82 Å². The Morgan fingerprint density at radius 1 is 1.11 bits per heavy atom. The Hall–Kier alpha value is -2.18. The molecule has 0 spiro atoms. The van der Waals surface area contributed by atoms with E-state index in [0.717, 1.165) is 18.4 Å². The minimum Gasteiger partial charge on any atom is -0.343 e. The van der Waals surface area contributed by atoms with Crippen molar-refractivity contribution in [3.05, 3.63) is 40.6 Å². The van der Waals surface area contributed by atoms with Crippen LogP contribution in [-0.2, 0) is 9.59 Å². The molecule has 1 saturated heterocycles. The molecule has 0 bridgehead atoms. The summed E-state index contributed by atoms with van der Waals surface area (Å²) < 4.78 is 0. The lowest BCUT2D eigenvalue weighted by Crippen LogP contribution is -2.37. The summed E-state index contributed by atoms with van der Waals surface area (Å²) in [5, 5.41) is 3.82. The minimum absolute atomic E-state index is 0.0919. The lowest BCUT2D eigenvalue weighted by Gasteiger charge is -2.30. The molecule has 8 heteroatoms. The molecule has 1 fully saturated rings. The highest BCUT2D eigenvalue weighted by molar-refractivity contribution is 6.35. The van der Waals surface area contributed by atoms with Crippen LogP contribution in [-0.4, -0.2) is 39.8 Å². The number of hydrogen-bond donors (Lipinski definition) is 1. The Bertz CT molecular complexity index is 814. The van der Waals surface area contributed by atoms with Crippen molar-refractivity contribution in [1.82, 2.24) is 14.9 Å². The number of nitrogens with zero attached hydrogens (tertiary/aromatic N) is 3. The Morgan fingerprint density at radius 3 is 2.33 bits per heavy atom. The van der Waals surface area contributed by atoms with E-state index in [2.05, 4.69) is 15.3 Å². The average molecular weight is 407 g/mol. The van der Waals surface area contributed by atoms with Gasteiger partial charge in [0.25, 0.3) is 0 Å². The van der Waals surface area contributed by atoms with Crippen molar-refractivity contribution < 1.29 is 9.59 Å². The molecule has 2 aromatic rings. The van der Waals surface area contributed by atoms with E-state index in [9.17, 15) is 9.59 Å². The molecule has 0 unspecified atom stereocenters. The number of hydrogen-bond acceptors (Lipinski definition) is 4. The molecule has 1 aromatic carbocycles. The number of aromatic nitrogens is 2. The summed E-state index contributed by atoms with van der Waals surface area (Å²) in [6, 6.07) is 5.15. The van der Waals surface area contributed by atoms with Crippen LogP contribution in [0.15, 0.2) is 30.6 Å². The standard InChI is InChI=1S/C19H20Cl2N4O2/c1-12(26)25-4-2-13(3-5-25)6-19(27)24-18-11-22-17(10-23-18)14-7-15(20)9-16(21)8-14/h7-11,13H,2-6H2,1H3,(H,23,24,27). The van der Waals surface area contributed by atoms with Gasteiger partial charge in [-0.3, -0.25) is 14.6 Å². The van der Waals surface area contributed by atoms with Crippen molar-refractivity contribution in [2.24, 2.45) is 5.92 Å². The van der Waals surface area contributed by atoms with Gasteiger partial charge in [-0.25, -0.2) is 4.98 Å². The molecule has 0 saturated carbocycles. The maximum Gasteiger partial charge on any atom is 0.225 e. The molecule has 2 heterocycles. The minimum atomic E-state index is -0.0934. The summed E-state index contributed by atoms with van der Waals surface area (Å²) in [6.07, 6.45) is 5.18. The Kier molecular flexibility index (Phi) is 6.29. The molecule has 1 aliphatic rings. The predicted octanol–water partition coefficient (Wildman–Crippen LogP) is 4.04. The number of amides is 2. The Morgan fingerprint density at radius 2 is 1.78 bits per heavy atom. The molecule has 1 N–H and O–H groups in total. The quantitative estimate of drug-likeness (QED) is 0.830. The summed E-state index contributed by atoms with van der Waals surface area (Å²) >= 11 is 12.0. The fraction of sp³-hybridized carbons (Fsp3) is 0.368. The van der Waals surface area contributed by atoms with Crippen molar-refractivity contribution in [2.75, 3.05) is 18.4 Å². The molecule has 2 amide bonds. The molecule has 3 rings (SSSR count). The zero-order valence-electron chi connectivity index (χ0n) is 14.9. The number of benzene rings is 1. The average Bonchev–Trinajstić information content (AvgIpc) is 2.62. The van der Waals surface area contributed by atoms with Crippen molar-refractivity contribution >= 4 is 40.8 Å². The molecule has 0 radical (unpaired) electrons. The van der Waals surface area contributed by atoms with Crippen LogP contribution in [0.1, 0.15) is 26.2 Å². The fourth-order valence-electron chi connectivity index (χ4n) is 3.15. The number of piperidine rings is 1. The van der Waals surface area contributed by atoms with Gasteiger partial charge in [-0.2, -0.15) is 0 Å². The van der Waals surface area contributed by atoms with Crippen molar-refractivity contribution in [2.45, 2.75) is 26.2 Å². The molecule has 1 aliphatic heterocycles. The van der Waals surface area contributed by atoms with E-state index in [-0.39, 0.29) is 17.7 Å². The van der Waals surface area contributed by atoms with Crippen molar-refractivity contribution in [1.29, 1.82) is 0 Å². The van der Waals surface area contributed by atoms with E-state index in [4.69, 9.17) is 23.2 Å². The second kappa shape index (κ2) is 8.67. The summed E-state index contributed by atoms with van der Waals surface area (Å²) in [6.45, 7) is 3.00. The maximum absolute atomic E-state index is 12.2. The first-order valence-electron chi connectivity index (χ1n) is 8.74. The molecule has 0 aliphatic carbocycles. The molecule has 6 nitrogen and oxygen atoms in total. The smallest absolute Gasteiger partial charge is 0.225 e. The highest BCUT2D eigenvalue weighted by atomic mass is 35.5. The van der Waals surface area contributed by atoms with E-state index in [1.54, 1.807) is 31.3 Å². The normalized spacial score (nSPS) is 14.9. The summed E-state index contributed by atoms with van der Waals surface area (Å²) in [7, 11) is 0. The third-order valence-electron chi connectivity index (χ3n) is 4.61. The fourth-order valence-corrected chi connectivity index (χ4v) is 3.68. The van der Waals surface area contributed by atoms with Crippen molar-refractivity contribution in [3.8, 4) is 11.3 Å². The van der Waals surface area contributed by atoms with E-state index < -0.39 is 0 Å². The number of halogens is 2. The highest BCUT2D eigenvalue weighted by Gasteiger charge is 2.22. The topological polar surface area (TPSA) is 75.2 Å². The largest absolute Gasteiger partial charge is 0.343 e. The van der Waals surface area contributed by atoms with E-state index in [0.29, 0.717) is 41.1 Å². The third-order valence-corrected chi connectivity index (χ3v) is 5.05. The van der Waals surface area contributed by atoms with E-state index >= 15 is 0 Å². The molecular weight excluding hydrogens is 387 g/mol. The first kappa shape index (κ1) is 19.6. The lowest BCUT2D eigenvalue weighted by molar-refractivity contribution is -0.130. The van der Waals surface area contributed by atoms with Gasteiger partial charge in [0.05, 0.1) is 18.1 Å². The summed E-state index contributed by atoms with van der Waals surface area (Å²) in [5.74, 6) is 0.679. The van der Waals surface area contributed by atoms with Gasteiger partial charge in [-0.1, -0.05) is 23.2 Å². The number of carbonyl (C=O) groups is 2. The Labute approximate surface area is 167 Å². The second-order valence-electron chi connectivity index (χ2n) is 6.65. The number of anilines is 1. The van der Waals surface area contributed by atoms with Gasteiger partial charge >= 0.3 is 0 Å². The van der Waals surface area contributed by atoms with Gasteiger partial charge in [0, 0.05) is 42.0 Å². The van der Waals surface area contributed by atoms with Gasteiger partial charge < -0.3 is 10.2 Å². The molecular formula is C19H20Cl2N4O2. The molecule has 1 aromatic heterocycles. The summed E-state index contributed by atoms with van der Waals surface area (Å²) in [4.78, 5) is 34.0. The number of likely N-dealkylation sites (tertiary alicyclic amines) is 1. The van der Waals surface area contributed by atoms with Gasteiger partial charge in [-0.15, -0.1) is 0 Å². The van der Waals surface area contributed by atoms with Crippen LogP contribution >= 0.6 is 23.2 Å². The molecule has 27 heavy (non-hydrogen) atoms. The van der Waals surface area contributed by atoms with Gasteiger partial charge in [0.1, 0.15) is 0 Å². The number of carbonyl (C=O) groups excluding carboxylic acids is 2. The SMILES string of the molecule is CC(=O)N1CCC(CC(=O)Nc2cnc(-c3cc(Cl)cc(Cl)c3)cn2)CC1. The monoisotopic (exact) mass is 406 g/mol. The van der Waals surface area contributed by atoms with Gasteiger partial charge in [-0.05, 0) is 37.0 Å². The number of rotatable bonds is 4. The van der Waals surface area contributed by atoms with Crippen molar-refractivity contribution in [3.63, 3.8) is 0 Å². The maximum atomic E-state index is 12.2. The van der Waals surface area contributed by atoms with Crippen LogP contribution in [0.25, 0.3) is 11.3 Å². The van der Waals surface area contributed by atoms with Crippen LogP contribution in [0.3, 0.4) is 0 Å². The van der Waals surface area contributed by atoms with E-state index in [1.807, 2.05) is 4.90 Å². The van der Waals surface area contributed by atoms with Crippen LogP contribution in [0.2, 0.25) is 10.0 Å². The Balaban J connectivity index is 1.55. The molecule has 0 atom stereocenters. The summed E-state index contributed by atoms with van der Waals surface area (Å²) in [5.41, 5.74) is 1.38. The lowest BCUT2D eigenvalue weighted by atomic mass is 9.93. The molecule has 142 valence electrons. The number of nitrogens with one attached hydrogen (secondary N) is 1. The van der Waals surface area contributed by atoms with Crippen LogP contribution < -0.4 is 5.32 Å². The third kappa shape index (κ3) is 5.40. The zero-order chi connectivity index (χ0) is 19.4. The second-order valence-corrected chi connectivity index (χ2v) is 7.52.